The van der Waals surface area contributed by atoms with Gasteiger partial charge in [-0.1, -0.05) is 66.7 Å². The molecule has 164 valence electrons. The van der Waals surface area contributed by atoms with E-state index in [0.29, 0.717) is 38.5 Å². The molecular weight excluding hydrogens is 416 g/mol. The second kappa shape index (κ2) is 9.29. The van der Waals surface area contributed by atoms with E-state index < -0.39 is 0 Å². The van der Waals surface area contributed by atoms with Crippen LogP contribution < -0.4 is 0 Å². The first-order valence-corrected chi connectivity index (χ1v) is 12.3. The van der Waals surface area contributed by atoms with Gasteiger partial charge < -0.3 is 9.80 Å². The summed E-state index contributed by atoms with van der Waals surface area (Å²) in [5.74, 6) is 1.01. The Morgan fingerprint density at radius 2 is 1.41 bits per heavy atom. The van der Waals surface area contributed by atoms with E-state index in [1.54, 1.807) is 11.3 Å². The minimum absolute atomic E-state index is 0.0441. The second-order valence-corrected chi connectivity index (χ2v) is 9.73. The molecule has 2 atom stereocenters. The lowest BCUT2D eigenvalue weighted by molar-refractivity contribution is -0.140. The third kappa shape index (κ3) is 4.49. The summed E-state index contributed by atoms with van der Waals surface area (Å²) < 4.78 is 0. The van der Waals surface area contributed by atoms with Crippen molar-refractivity contribution in [3.05, 3.63) is 94.2 Å². The van der Waals surface area contributed by atoms with E-state index >= 15 is 0 Å². The topological polar surface area (TPSA) is 40.6 Å². The zero-order valence-electron chi connectivity index (χ0n) is 18.1. The van der Waals surface area contributed by atoms with Crippen LogP contribution in [0.2, 0.25) is 0 Å². The predicted molar refractivity (Wildman–Crippen MR) is 128 cm³/mol. The van der Waals surface area contributed by atoms with Crippen LogP contribution in [0.15, 0.2) is 78.2 Å². The van der Waals surface area contributed by atoms with Gasteiger partial charge in [-0.15, -0.1) is 11.3 Å². The van der Waals surface area contributed by atoms with Gasteiger partial charge in [-0.05, 0) is 29.0 Å². The molecule has 0 bridgehead atoms. The maximum Gasteiger partial charge on any atom is 0.226 e. The quantitative estimate of drug-likeness (QED) is 0.551. The van der Waals surface area contributed by atoms with Gasteiger partial charge in [0.15, 0.2) is 0 Å². The number of carbonyl (C=O) groups excluding carboxylic acids is 2. The van der Waals surface area contributed by atoms with Crippen molar-refractivity contribution in [1.82, 2.24) is 9.80 Å². The Hall–Kier alpha value is -2.92. The molecule has 0 spiro atoms. The summed E-state index contributed by atoms with van der Waals surface area (Å²) in [5, 5.41) is 2.08. The van der Waals surface area contributed by atoms with Gasteiger partial charge in [0, 0.05) is 55.2 Å². The number of amides is 2. The van der Waals surface area contributed by atoms with E-state index in [1.165, 1.54) is 4.88 Å². The smallest absolute Gasteiger partial charge is 0.226 e. The molecule has 2 aromatic carbocycles. The zero-order valence-corrected chi connectivity index (χ0v) is 18.9. The first-order chi connectivity index (χ1) is 15.7. The van der Waals surface area contributed by atoms with Gasteiger partial charge in [-0.25, -0.2) is 0 Å². The lowest BCUT2D eigenvalue weighted by atomic mass is 9.88. The molecule has 3 aromatic rings. The van der Waals surface area contributed by atoms with Crippen LogP contribution >= 0.6 is 11.3 Å². The Labute approximate surface area is 193 Å². The largest absolute Gasteiger partial charge is 0.339 e. The van der Waals surface area contributed by atoms with Crippen LogP contribution in [0, 0.1) is 5.92 Å². The van der Waals surface area contributed by atoms with Gasteiger partial charge in [0.1, 0.15) is 0 Å². The summed E-state index contributed by atoms with van der Waals surface area (Å²) >= 11 is 1.74. The molecule has 5 heteroatoms. The summed E-state index contributed by atoms with van der Waals surface area (Å²) in [6.07, 6.45) is 1.42. The molecule has 32 heavy (non-hydrogen) atoms. The van der Waals surface area contributed by atoms with Crippen molar-refractivity contribution >= 4 is 23.2 Å². The molecule has 0 N–H and O–H groups in total. The fourth-order valence-electron chi connectivity index (χ4n) is 4.80. The summed E-state index contributed by atoms with van der Waals surface area (Å²) in [5.41, 5.74) is 2.32. The summed E-state index contributed by atoms with van der Waals surface area (Å²) in [6.45, 7) is 2.52. The molecule has 5 rings (SSSR count). The van der Waals surface area contributed by atoms with E-state index in [9.17, 15) is 9.59 Å². The van der Waals surface area contributed by atoms with Crippen molar-refractivity contribution in [1.29, 1.82) is 0 Å². The highest BCUT2D eigenvalue weighted by Crippen LogP contribution is 2.50. The van der Waals surface area contributed by atoms with E-state index in [2.05, 4.69) is 41.8 Å². The Balaban J connectivity index is 1.19. The average molecular weight is 445 g/mol. The predicted octanol–water partition coefficient (Wildman–Crippen LogP) is 4.74. The van der Waals surface area contributed by atoms with Gasteiger partial charge in [-0.3, -0.25) is 9.59 Å². The molecule has 2 fully saturated rings. The number of piperazine rings is 1. The number of carbonyl (C=O) groups is 2. The lowest BCUT2D eigenvalue weighted by Gasteiger charge is -2.35. The molecule has 1 aliphatic carbocycles. The molecule has 2 amide bonds. The fourth-order valence-corrected chi connectivity index (χ4v) is 5.70. The van der Waals surface area contributed by atoms with Gasteiger partial charge in [0.2, 0.25) is 11.8 Å². The van der Waals surface area contributed by atoms with Crippen LogP contribution in [0.25, 0.3) is 0 Å². The molecule has 2 aliphatic rings. The van der Waals surface area contributed by atoms with Gasteiger partial charge in [0.05, 0.1) is 0 Å². The van der Waals surface area contributed by atoms with Gasteiger partial charge in [-0.2, -0.15) is 0 Å². The SMILES string of the molecule is O=C(CC(c1ccccc1)c1ccccc1)N1CCN(C(=O)C2CC2c2cccs2)CC1. The first kappa shape index (κ1) is 21.0. The standard InChI is InChI=1S/C27H28N2O2S/c30-26(19-22(20-8-3-1-4-9-20)21-10-5-2-6-11-21)28-13-15-29(16-14-28)27(31)24-18-23(24)25-12-7-17-32-25/h1-12,17,22-24H,13-16,18-19H2. The van der Waals surface area contributed by atoms with Crippen LogP contribution in [0.3, 0.4) is 0 Å². The lowest BCUT2D eigenvalue weighted by Crippen LogP contribution is -2.51. The van der Waals surface area contributed by atoms with Crippen molar-refractivity contribution in [3.8, 4) is 0 Å². The summed E-state index contributed by atoms with van der Waals surface area (Å²) in [6, 6.07) is 24.7. The fraction of sp³-hybridized carbons (Fsp3) is 0.333. The minimum atomic E-state index is 0.0441. The third-order valence-corrected chi connectivity index (χ3v) is 7.75. The van der Waals surface area contributed by atoms with Crippen LogP contribution in [0.4, 0.5) is 0 Å². The monoisotopic (exact) mass is 444 g/mol. The van der Waals surface area contributed by atoms with E-state index in [4.69, 9.17) is 0 Å². The first-order valence-electron chi connectivity index (χ1n) is 11.4. The van der Waals surface area contributed by atoms with Crippen LogP contribution in [-0.4, -0.2) is 47.8 Å². The Morgan fingerprint density at radius 3 is 1.97 bits per heavy atom. The molecular formula is C27H28N2O2S. The maximum atomic E-state index is 13.2. The van der Waals surface area contributed by atoms with Crippen molar-refractivity contribution in [2.45, 2.75) is 24.7 Å². The van der Waals surface area contributed by atoms with Gasteiger partial charge >= 0.3 is 0 Å². The molecule has 2 heterocycles. The van der Waals surface area contributed by atoms with Crippen LogP contribution in [0.1, 0.15) is 40.7 Å². The molecule has 0 radical (unpaired) electrons. The molecule has 1 aliphatic heterocycles. The molecule has 1 saturated heterocycles. The number of nitrogens with zero attached hydrogens (tertiary/aromatic N) is 2. The van der Waals surface area contributed by atoms with Crippen LogP contribution in [-0.2, 0) is 9.59 Å². The number of hydrogen-bond acceptors (Lipinski definition) is 3. The Morgan fingerprint density at radius 1 is 0.812 bits per heavy atom. The Kier molecular flexibility index (Phi) is 6.08. The van der Waals surface area contributed by atoms with Crippen molar-refractivity contribution in [3.63, 3.8) is 0 Å². The van der Waals surface area contributed by atoms with Crippen LogP contribution in [0.5, 0.6) is 0 Å². The molecule has 2 unspecified atom stereocenters. The highest BCUT2D eigenvalue weighted by atomic mass is 32.1. The average Bonchev–Trinajstić information content (AvgIpc) is 3.47. The summed E-state index contributed by atoms with van der Waals surface area (Å²) in [4.78, 5) is 31.4. The molecule has 1 aromatic heterocycles. The highest BCUT2D eigenvalue weighted by Gasteiger charge is 2.46. The maximum absolute atomic E-state index is 13.2. The number of rotatable bonds is 6. The number of thiophene rings is 1. The van der Waals surface area contributed by atoms with Crippen molar-refractivity contribution < 1.29 is 9.59 Å². The zero-order chi connectivity index (χ0) is 21.9. The number of benzene rings is 2. The van der Waals surface area contributed by atoms with Gasteiger partial charge in [0.25, 0.3) is 0 Å². The number of hydrogen-bond donors (Lipinski definition) is 0. The van der Waals surface area contributed by atoms with E-state index in [-0.39, 0.29) is 23.7 Å². The summed E-state index contributed by atoms with van der Waals surface area (Å²) in [7, 11) is 0. The van der Waals surface area contributed by atoms with E-state index in [0.717, 1.165) is 17.5 Å². The normalized spacial score (nSPS) is 20.4. The molecule has 4 nitrogen and oxygen atoms in total. The highest BCUT2D eigenvalue weighted by molar-refractivity contribution is 7.10. The Bertz CT molecular complexity index is 1000. The van der Waals surface area contributed by atoms with Crippen molar-refractivity contribution in [2.24, 2.45) is 5.92 Å². The molecule has 1 saturated carbocycles. The minimum Gasteiger partial charge on any atom is -0.339 e. The van der Waals surface area contributed by atoms with Crippen molar-refractivity contribution in [2.75, 3.05) is 26.2 Å². The second-order valence-electron chi connectivity index (χ2n) is 8.75. The van der Waals surface area contributed by atoms with E-state index in [1.807, 2.05) is 46.2 Å². The third-order valence-electron chi connectivity index (χ3n) is 6.74.